The third-order valence-electron chi connectivity index (χ3n) is 15.2. The van der Waals surface area contributed by atoms with E-state index in [0.717, 1.165) is 57.1 Å². The summed E-state index contributed by atoms with van der Waals surface area (Å²) in [4.78, 5) is 116. The summed E-state index contributed by atoms with van der Waals surface area (Å²) in [5, 5.41) is 33.4. The zero-order valence-electron chi connectivity index (χ0n) is 48.9. The average molecular weight is 1150 g/mol. The normalized spacial score (nSPS) is 15.0. The highest BCUT2D eigenvalue weighted by Crippen LogP contribution is 2.34. The molecule has 1 aromatic rings. The number of rotatable bonds is 57. The van der Waals surface area contributed by atoms with E-state index in [2.05, 4.69) is 20.6 Å². The lowest BCUT2D eigenvalue weighted by molar-refractivity contribution is -0.145. The molecular formula is C61H104N4O16. The van der Waals surface area contributed by atoms with E-state index in [-0.39, 0.29) is 135 Å². The number of carbonyl (C=O) groups is 9. The molecule has 2 rings (SSSR count). The number of H-pyrrole nitrogens is 1. The van der Waals surface area contributed by atoms with Crippen molar-refractivity contribution < 1.29 is 78.8 Å². The topological polar surface area (TPSA) is 304 Å². The van der Waals surface area contributed by atoms with Crippen LogP contribution in [0.2, 0.25) is 0 Å². The van der Waals surface area contributed by atoms with Gasteiger partial charge in [0.05, 0.1) is 57.8 Å². The molecule has 2 atom stereocenters. The molecule has 0 bridgehead atoms. The minimum absolute atomic E-state index is 0. The molecular weight excluding hydrogens is 1040 g/mol. The number of ketones is 4. The second-order valence-electron chi connectivity index (χ2n) is 22.1. The molecule has 1 fully saturated rings. The van der Waals surface area contributed by atoms with Crippen LogP contribution in [-0.2, 0) is 68.5 Å². The summed E-state index contributed by atoms with van der Waals surface area (Å²) in [5.41, 5.74) is 0.830. The van der Waals surface area contributed by atoms with Crippen molar-refractivity contribution in [1.29, 1.82) is 0 Å². The molecule has 0 radical (unpaired) electrons. The molecule has 1 unspecified atom stereocenters. The Morgan fingerprint density at radius 2 is 1.00 bits per heavy atom. The van der Waals surface area contributed by atoms with Crippen LogP contribution in [0.4, 0.5) is 0 Å². The van der Waals surface area contributed by atoms with Gasteiger partial charge in [0.2, 0.25) is 11.8 Å². The summed E-state index contributed by atoms with van der Waals surface area (Å²) in [5.74, 6) is -4.78. The van der Waals surface area contributed by atoms with Gasteiger partial charge in [-0.2, -0.15) is 0 Å². The van der Waals surface area contributed by atoms with Crippen molar-refractivity contribution in [2.75, 3.05) is 65.9 Å². The molecule has 0 aromatic carbocycles. The fraction of sp³-hybridized carbons (Fsp3) is 0.803. The predicted molar refractivity (Wildman–Crippen MR) is 308 cm³/mol. The number of aromatic nitrogens is 2. The molecule has 1 aliphatic rings. The Kier molecular flexibility index (Phi) is 43.3. The monoisotopic (exact) mass is 1150 g/mol. The van der Waals surface area contributed by atoms with E-state index in [1.54, 1.807) is 6.20 Å². The Bertz CT molecular complexity index is 1900. The number of hydrogen-bond donors (Lipinski definition) is 6. The van der Waals surface area contributed by atoms with Crippen LogP contribution in [0.3, 0.4) is 0 Å². The van der Waals surface area contributed by atoms with Gasteiger partial charge in [0.25, 0.3) is 0 Å². The maximum Gasteiger partial charge on any atom is 0.306 e. The number of unbranched alkanes of at least 4 members (excludes halogenated alkanes) is 17. The Labute approximate surface area is 483 Å². The molecule has 1 heterocycles. The van der Waals surface area contributed by atoms with Gasteiger partial charge in [-0.3, -0.25) is 43.2 Å². The molecule has 2 amide bonds. The van der Waals surface area contributed by atoms with Gasteiger partial charge in [0.15, 0.2) is 5.78 Å². The van der Waals surface area contributed by atoms with Crippen molar-refractivity contribution in [3.8, 4) is 0 Å². The maximum absolute atomic E-state index is 13.1. The lowest BCUT2D eigenvalue weighted by Crippen LogP contribution is -2.31. The largest absolute Gasteiger partial charge is 0.481 e. The van der Waals surface area contributed by atoms with Crippen molar-refractivity contribution in [3.63, 3.8) is 0 Å². The van der Waals surface area contributed by atoms with Gasteiger partial charge in [0.1, 0.15) is 30.6 Å². The Hall–Kier alpha value is -4.92. The lowest BCUT2D eigenvalue weighted by atomic mass is 9.76. The summed E-state index contributed by atoms with van der Waals surface area (Å²) in [6.45, 7) is 1.44. The van der Waals surface area contributed by atoms with E-state index in [9.17, 15) is 53.4 Å². The number of carboxylic acid groups (broad SMARTS) is 3. The van der Waals surface area contributed by atoms with Crippen molar-refractivity contribution in [2.45, 2.75) is 225 Å². The summed E-state index contributed by atoms with van der Waals surface area (Å²) in [7, 11) is 0. The zero-order valence-corrected chi connectivity index (χ0v) is 48.9. The second kappa shape index (κ2) is 48.6. The summed E-state index contributed by atoms with van der Waals surface area (Å²) in [6.07, 6.45) is 30.9. The first-order valence-corrected chi connectivity index (χ1v) is 30.8. The molecule has 0 saturated heterocycles. The van der Waals surface area contributed by atoms with Crippen LogP contribution in [0.1, 0.15) is 225 Å². The number of carboxylic acids is 3. The predicted octanol–water partition coefficient (Wildman–Crippen LogP) is 9.77. The standard InChI is InChI=1S/C61H102N4O16.H2/c66-53(21-17-13-11-9-7-5-3-1-2-4-6-8-10-12-14-19-23-59(72)73)31-26-48-24-27-49(28-25-48)56(69)43-51(61(76)77)29-33-57(70)63-34-36-78-39-41-81-46-58(71)64-35-37-79-38-40-80-45-55(68)22-18-15-16-20-50(60(74)75)42-54(67)32-30-52-44-62-47-65-52;/h44,47-51H,1-43,45-46H2,(H,62,65)(H,63,70)(H,64,71)(H,72,73)(H,74,75)(H,76,77);1H/t48?,49?,50-,51?;/m1./s1. The van der Waals surface area contributed by atoms with Crippen LogP contribution in [0, 0.1) is 23.7 Å². The molecule has 20 nitrogen and oxygen atoms in total. The molecule has 1 aliphatic carbocycles. The first-order chi connectivity index (χ1) is 39.2. The fourth-order valence-electron chi connectivity index (χ4n) is 10.2. The highest BCUT2D eigenvalue weighted by molar-refractivity contribution is 5.86. The zero-order chi connectivity index (χ0) is 59.0. The van der Waals surface area contributed by atoms with Crippen LogP contribution in [0.25, 0.3) is 0 Å². The van der Waals surface area contributed by atoms with Gasteiger partial charge in [-0.05, 0) is 76.5 Å². The summed E-state index contributed by atoms with van der Waals surface area (Å²) >= 11 is 0. The SMILES string of the molecule is O=C(O)CCCCCCCCCCCCCCCCCCC(=O)CCC1CCC(C(=O)CC(CCC(=O)NCCOCCOCC(=O)NCCOCCOCC(=O)CCCCC[C@H](CC(=O)CCc2cnc[nH]2)C(=O)O)C(=O)O)CC1.[HH]. The Morgan fingerprint density at radius 3 is 1.54 bits per heavy atom. The molecule has 20 heteroatoms. The van der Waals surface area contributed by atoms with Gasteiger partial charge in [-0.15, -0.1) is 0 Å². The van der Waals surface area contributed by atoms with Crippen molar-refractivity contribution in [2.24, 2.45) is 23.7 Å². The van der Waals surface area contributed by atoms with E-state index in [1.807, 2.05) is 0 Å². The summed E-state index contributed by atoms with van der Waals surface area (Å²) < 4.78 is 21.6. The molecule has 1 saturated carbocycles. The maximum atomic E-state index is 13.1. The number of nitrogens with one attached hydrogen (secondary N) is 3. The first-order valence-electron chi connectivity index (χ1n) is 30.8. The van der Waals surface area contributed by atoms with Gasteiger partial charge >= 0.3 is 17.9 Å². The van der Waals surface area contributed by atoms with Crippen LogP contribution < -0.4 is 10.6 Å². The van der Waals surface area contributed by atoms with Gasteiger partial charge in [0, 0.05) is 83.7 Å². The molecule has 0 spiro atoms. The number of aromatic amines is 1. The van der Waals surface area contributed by atoms with E-state index < -0.39 is 29.7 Å². The van der Waals surface area contributed by atoms with Crippen molar-refractivity contribution >= 4 is 52.9 Å². The molecule has 1 aromatic heterocycles. The number of aliphatic carboxylic acids is 3. The third-order valence-corrected chi connectivity index (χ3v) is 15.2. The number of amides is 2. The van der Waals surface area contributed by atoms with E-state index in [1.165, 1.54) is 77.0 Å². The molecule has 464 valence electrons. The van der Waals surface area contributed by atoms with E-state index in [0.29, 0.717) is 82.3 Å². The quantitative estimate of drug-likeness (QED) is 0.0331. The van der Waals surface area contributed by atoms with Crippen LogP contribution in [0.5, 0.6) is 0 Å². The summed E-state index contributed by atoms with van der Waals surface area (Å²) in [6, 6.07) is 0. The second-order valence-corrected chi connectivity index (χ2v) is 22.1. The molecule has 0 aliphatic heterocycles. The van der Waals surface area contributed by atoms with Crippen LogP contribution in [0.15, 0.2) is 12.5 Å². The van der Waals surface area contributed by atoms with Gasteiger partial charge in [-0.25, -0.2) is 4.98 Å². The average Bonchev–Trinajstić information content (AvgIpc) is 3.97. The number of aryl methyl sites for hydroxylation is 1. The van der Waals surface area contributed by atoms with E-state index >= 15 is 0 Å². The number of ether oxygens (including phenoxy) is 4. The number of nitrogens with zero attached hydrogens (tertiary/aromatic N) is 1. The number of Topliss-reactive ketones (excluding diaryl/α,β-unsaturated/α-hetero) is 4. The Morgan fingerprint density at radius 1 is 0.506 bits per heavy atom. The van der Waals surface area contributed by atoms with Crippen LogP contribution in [-0.4, -0.2) is 144 Å². The number of imidazole rings is 1. The highest BCUT2D eigenvalue weighted by Gasteiger charge is 2.30. The number of carbonyl (C=O) groups excluding carboxylic acids is 6. The Balaban J connectivity index is 0.0000336. The van der Waals surface area contributed by atoms with Crippen molar-refractivity contribution in [3.05, 3.63) is 18.2 Å². The van der Waals surface area contributed by atoms with Crippen molar-refractivity contribution in [1.82, 2.24) is 20.6 Å². The smallest absolute Gasteiger partial charge is 0.306 e. The highest BCUT2D eigenvalue weighted by atomic mass is 16.5. The molecule has 6 N–H and O–H groups in total. The fourth-order valence-corrected chi connectivity index (χ4v) is 10.2. The lowest BCUT2D eigenvalue weighted by Gasteiger charge is -2.28. The molecule has 81 heavy (non-hydrogen) atoms. The van der Waals surface area contributed by atoms with E-state index in [4.69, 9.17) is 24.1 Å². The van der Waals surface area contributed by atoms with Gasteiger partial charge in [-0.1, -0.05) is 103 Å². The third kappa shape index (κ3) is 41.7. The van der Waals surface area contributed by atoms with Crippen LogP contribution >= 0.6 is 0 Å². The minimum Gasteiger partial charge on any atom is -0.481 e. The minimum atomic E-state index is -1.09. The first kappa shape index (κ1) is 72.2. The van der Waals surface area contributed by atoms with Gasteiger partial charge < -0.3 is 49.9 Å². The number of hydrogen-bond acceptors (Lipinski definition) is 14.